The molecule has 0 saturated heterocycles. The fourth-order valence-corrected chi connectivity index (χ4v) is 3.12. The molecule has 6 heteroatoms. The van der Waals surface area contributed by atoms with E-state index in [9.17, 15) is 9.18 Å². The van der Waals surface area contributed by atoms with Crippen molar-refractivity contribution in [3.63, 3.8) is 0 Å². The molecule has 1 heterocycles. The van der Waals surface area contributed by atoms with Crippen LogP contribution in [-0.4, -0.2) is 15.8 Å². The number of Topliss-reactive ketones (excluding diaryl/α,β-unsaturated/α-hetero) is 1. The molecule has 0 atom stereocenters. The van der Waals surface area contributed by atoms with Gasteiger partial charge in [0, 0.05) is 30.5 Å². The molecule has 1 aromatic carbocycles. The standard InChI is InChI=1S/C19H18FN3OS/c20-17-11-13(9-10-21-17)12-22-15-7-4-8-16(24)18(15)19(25)23-14-5-2-1-3-6-14/h1-3,5-6,9-11,22H,4,7-8,12H2,(H,23,25). The Morgan fingerprint density at radius 1 is 1.20 bits per heavy atom. The SMILES string of the molecule is O=C1CCCC(NCc2ccnc(F)c2)=C1C(=S)Nc1ccccc1. The van der Waals surface area contributed by atoms with Crippen LogP contribution in [0.1, 0.15) is 24.8 Å². The van der Waals surface area contributed by atoms with Crippen LogP contribution in [0.15, 0.2) is 59.9 Å². The molecular formula is C19H18FN3OS. The van der Waals surface area contributed by atoms with Crippen LogP contribution in [0.4, 0.5) is 10.1 Å². The van der Waals surface area contributed by atoms with Crippen LogP contribution in [0.2, 0.25) is 0 Å². The largest absolute Gasteiger partial charge is 0.384 e. The summed E-state index contributed by atoms with van der Waals surface area (Å²) in [7, 11) is 0. The van der Waals surface area contributed by atoms with Gasteiger partial charge in [-0.15, -0.1) is 0 Å². The van der Waals surface area contributed by atoms with Gasteiger partial charge in [0.05, 0.1) is 5.57 Å². The minimum Gasteiger partial charge on any atom is -0.384 e. The number of aromatic nitrogens is 1. The molecule has 3 rings (SSSR count). The molecule has 4 nitrogen and oxygen atoms in total. The van der Waals surface area contributed by atoms with Crippen molar-refractivity contribution in [3.05, 3.63) is 71.4 Å². The first-order chi connectivity index (χ1) is 12.1. The molecule has 0 radical (unpaired) electrons. The van der Waals surface area contributed by atoms with E-state index in [1.165, 1.54) is 12.3 Å². The lowest BCUT2D eigenvalue weighted by molar-refractivity contribution is -0.115. The van der Waals surface area contributed by atoms with Crippen molar-refractivity contribution in [2.45, 2.75) is 25.8 Å². The minimum atomic E-state index is -0.519. The number of benzene rings is 1. The number of hydrogen-bond donors (Lipinski definition) is 2. The fraction of sp³-hybridized carbons (Fsp3) is 0.211. The summed E-state index contributed by atoms with van der Waals surface area (Å²) in [6.45, 7) is 0.416. The molecule has 0 fully saturated rings. The lowest BCUT2D eigenvalue weighted by Crippen LogP contribution is -2.28. The summed E-state index contributed by atoms with van der Waals surface area (Å²) in [5, 5.41) is 6.37. The quantitative estimate of drug-likeness (QED) is 0.632. The maximum Gasteiger partial charge on any atom is 0.213 e. The van der Waals surface area contributed by atoms with Crippen LogP contribution in [0, 0.1) is 5.95 Å². The number of allylic oxidation sites excluding steroid dienone is 1. The topological polar surface area (TPSA) is 54.0 Å². The van der Waals surface area contributed by atoms with Crippen molar-refractivity contribution in [3.8, 4) is 0 Å². The van der Waals surface area contributed by atoms with E-state index in [0.717, 1.165) is 29.8 Å². The average molecular weight is 355 g/mol. The second-order valence-corrected chi connectivity index (χ2v) is 6.20. The summed E-state index contributed by atoms with van der Waals surface area (Å²) in [4.78, 5) is 16.4. The van der Waals surface area contributed by atoms with E-state index in [1.807, 2.05) is 30.3 Å². The monoisotopic (exact) mass is 355 g/mol. The van der Waals surface area contributed by atoms with Gasteiger partial charge in [0.2, 0.25) is 5.95 Å². The van der Waals surface area contributed by atoms with E-state index >= 15 is 0 Å². The highest BCUT2D eigenvalue weighted by atomic mass is 32.1. The molecule has 0 unspecified atom stereocenters. The number of carbonyl (C=O) groups is 1. The van der Waals surface area contributed by atoms with Gasteiger partial charge in [-0.25, -0.2) is 4.98 Å². The van der Waals surface area contributed by atoms with Crippen molar-refractivity contribution >= 4 is 28.7 Å². The fourth-order valence-electron chi connectivity index (χ4n) is 2.76. The van der Waals surface area contributed by atoms with Crippen molar-refractivity contribution in [2.75, 3.05) is 5.32 Å². The Morgan fingerprint density at radius 3 is 2.76 bits per heavy atom. The minimum absolute atomic E-state index is 0.0306. The number of thiocarbonyl (C=S) groups is 1. The zero-order valence-corrected chi connectivity index (χ0v) is 14.4. The Labute approximate surface area is 151 Å². The molecule has 2 N–H and O–H groups in total. The molecular weight excluding hydrogens is 337 g/mol. The maximum atomic E-state index is 13.2. The Kier molecular flexibility index (Phi) is 5.50. The Morgan fingerprint density at radius 2 is 2.00 bits per heavy atom. The lowest BCUT2D eigenvalue weighted by Gasteiger charge is -2.22. The van der Waals surface area contributed by atoms with Gasteiger partial charge in [-0.2, -0.15) is 4.39 Å². The van der Waals surface area contributed by atoms with Crippen molar-refractivity contribution in [1.29, 1.82) is 0 Å². The van der Waals surface area contributed by atoms with Gasteiger partial charge >= 0.3 is 0 Å². The summed E-state index contributed by atoms with van der Waals surface area (Å²) in [5.41, 5.74) is 2.94. The molecule has 0 aliphatic heterocycles. The smallest absolute Gasteiger partial charge is 0.213 e. The zero-order valence-electron chi connectivity index (χ0n) is 13.6. The number of pyridine rings is 1. The zero-order chi connectivity index (χ0) is 17.6. The highest BCUT2D eigenvalue weighted by molar-refractivity contribution is 7.81. The van der Waals surface area contributed by atoms with E-state index in [0.29, 0.717) is 23.5 Å². The Bertz CT molecular complexity index is 820. The van der Waals surface area contributed by atoms with Crippen LogP contribution in [0.5, 0.6) is 0 Å². The van der Waals surface area contributed by atoms with E-state index in [2.05, 4.69) is 15.6 Å². The van der Waals surface area contributed by atoms with Gasteiger partial charge in [0.25, 0.3) is 0 Å². The molecule has 0 bridgehead atoms. The van der Waals surface area contributed by atoms with Gasteiger partial charge in [0.1, 0.15) is 4.99 Å². The second-order valence-electron chi connectivity index (χ2n) is 5.79. The highest BCUT2D eigenvalue weighted by Gasteiger charge is 2.24. The third-order valence-electron chi connectivity index (χ3n) is 3.97. The number of halogens is 1. The van der Waals surface area contributed by atoms with Gasteiger partial charge in [-0.05, 0) is 42.7 Å². The predicted molar refractivity (Wildman–Crippen MR) is 99.6 cm³/mol. The molecule has 0 spiro atoms. The first-order valence-electron chi connectivity index (χ1n) is 8.10. The van der Waals surface area contributed by atoms with E-state index in [-0.39, 0.29) is 5.78 Å². The van der Waals surface area contributed by atoms with E-state index in [1.54, 1.807) is 6.07 Å². The third kappa shape index (κ3) is 4.48. The number of nitrogens with zero attached hydrogens (tertiary/aromatic N) is 1. The normalized spacial score (nSPS) is 14.4. The third-order valence-corrected chi connectivity index (χ3v) is 4.27. The van der Waals surface area contributed by atoms with Crippen LogP contribution in [0.25, 0.3) is 0 Å². The molecule has 1 aliphatic rings. The first kappa shape index (κ1) is 17.2. The summed E-state index contributed by atoms with van der Waals surface area (Å²) >= 11 is 5.46. The molecule has 1 aliphatic carbocycles. The number of para-hydroxylation sites is 1. The highest BCUT2D eigenvalue weighted by Crippen LogP contribution is 2.23. The Hall–Kier alpha value is -2.60. The summed E-state index contributed by atoms with van der Waals surface area (Å²) in [6, 6.07) is 12.6. The van der Waals surface area contributed by atoms with Gasteiger partial charge in [-0.1, -0.05) is 30.4 Å². The van der Waals surface area contributed by atoms with E-state index < -0.39 is 5.95 Å². The van der Waals surface area contributed by atoms with Crippen molar-refractivity contribution in [2.24, 2.45) is 0 Å². The van der Waals surface area contributed by atoms with Crippen molar-refractivity contribution < 1.29 is 9.18 Å². The number of anilines is 1. The van der Waals surface area contributed by atoms with Crippen LogP contribution in [0.3, 0.4) is 0 Å². The predicted octanol–water partition coefficient (Wildman–Crippen LogP) is 3.76. The van der Waals surface area contributed by atoms with Crippen LogP contribution >= 0.6 is 12.2 Å². The van der Waals surface area contributed by atoms with Gasteiger partial charge < -0.3 is 10.6 Å². The number of ketones is 1. The maximum absolute atomic E-state index is 13.2. The molecule has 2 aromatic rings. The van der Waals surface area contributed by atoms with Gasteiger partial charge in [-0.3, -0.25) is 4.79 Å². The molecule has 128 valence electrons. The molecule has 0 amide bonds. The summed E-state index contributed by atoms with van der Waals surface area (Å²) in [6.07, 6.45) is 3.44. The number of nitrogens with one attached hydrogen (secondary N) is 2. The number of carbonyl (C=O) groups excluding carboxylic acids is 1. The lowest BCUT2D eigenvalue weighted by atomic mass is 9.94. The first-order valence-corrected chi connectivity index (χ1v) is 8.51. The van der Waals surface area contributed by atoms with Crippen LogP contribution in [-0.2, 0) is 11.3 Å². The molecule has 1 aromatic heterocycles. The van der Waals surface area contributed by atoms with Crippen molar-refractivity contribution in [1.82, 2.24) is 10.3 Å². The van der Waals surface area contributed by atoms with Gasteiger partial charge in [0.15, 0.2) is 5.78 Å². The summed E-state index contributed by atoms with van der Waals surface area (Å²) in [5.74, 6) is -0.488. The van der Waals surface area contributed by atoms with E-state index in [4.69, 9.17) is 12.2 Å². The Balaban J connectivity index is 1.78. The average Bonchev–Trinajstić information content (AvgIpc) is 2.61. The summed E-state index contributed by atoms with van der Waals surface area (Å²) < 4.78 is 13.2. The number of rotatable bonds is 5. The van der Waals surface area contributed by atoms with Crippen LogP contribution < -0.4 is 10.6 Å². The molecule has 0 saturated carbocycles. The number of hydrogen-bond acceptors (Lipinski definition) is 4. The molecule has 25 heavy (non-hydrogen) atoms. The second kappa shape index (κ2) is 7.98.